The summed E-state index contributed by atoms with van der Waals surface area (Å²) in [6.07, 6.45) is 6.48. The summed E-state index contributed by atoms with van der Waals surface area (Å²) in [7, 11) is -2.74. The lowest BCUT2D eigenvalue weighted by atomic mass is 9.79. The molecule has 0 aliphatic rings. The minimum Gasteiger partial charge on any atom is -0.448 e. The normalized spacial score (nSPS) is 13.2. The summed E-state index contributed by atoms with van der Waals surface area (Å²) in [5.41, 5.74) is 2.88. The lowest BCUT2D eigenvalue weighted by Gasteiger charge is -2.26. The summed E-state index contributed by atoms with van der Waals surface area (Å²) in [5, 5.41) is 0. The van der Waals surface area contributed by atoms with Gasteiger partial charge in [-0.2, -0.15) is 0 Å². The Bertz CT molecular complexity index is 1190. The van der Waals surface area contributed by atoms with Gasteiger partial charge in [-0.15, -0.1) is 0 Å². The van der Waals surface area contributed by atoms with Crippen molar-refractivity contribution < 1.29 is 17.2 Å². The van der Waals surface area contributed by atoms with Crippen molar-refractivity contribution in [1.29, 1.82) is 0 Å². The average molecular weight is 438 g/mol. The van der Waals surface area contributed by atoms with Gasteiger partial charge in [0.2, 0.25) is 16.8 Å². The fourth-order valence-corrected chi connectivity index (χ4v) is 3.84. The van der Waals surface area contributed by atoms with Gasteiger partial charge in [0.05, 0.1) is 24.4 Å². The largest absolute Gasteiger partial charge is 0.448 e. The van der Waals surface area contributed by atoms with Crippen LogP contribution in [0.5, 0.6) is 0 Å². The topological polar surface area (TPSA) is 98.0 Å². The van der Waals surface area contributed by atoms with E-state index in [1.165, 1.54) is 18.4 Å². The molecule has 4 aromatic rings. The van der Waals surface area contributed by atoms with Crippen molar-refractivity contribution in [3.63, 3.8) is 0 Å². The second kappa shape index (κ2) is 9.59. The molecule has 3 aromatic heterocycles. The van der Waals surface area contributed by atoms with Crippen LogP contribution >= 0.6 is 0 Å². The van der Waals surface area contributed by atoms with Crippen molar-refractivity contribution in [2.75, 3.05) is 0 Å². The second-order valence-corrected chi connectivity index (χ2v) is 7.64. The molecule has 7 nitrogen and oxygen atoms in total. The molecule has 0 saturated carbocycles. The third-order valence-corrected chi connectivity index (χ3v) is 5.28. The van der Waals surface area contributed by atoms with Crippen LogP contribution in [0.1, 0.15) is 40.2 Å². The van der Waals surface area contributed by atoms with E-state index < -0.39 is 10.9 Å². The zero-order valence-corrected chi connectivity index (χ0v) is 17.2. The minimum absolute atomic E-state index is 0.0687. The molecule has 0 amide bonds. The fraction of sp³-hybridized carbons (Fsp3) is 0.136. The van der Waals surface area contributed by atoms with Crippen molar-refractivity contribution >= 4 is 10.9 Å². The van der Waals surface area contributed by atoms with Gasteiger partial charge in [-0.1, -0.05) is 24.3 Å². The van der Waals surface area contributed by atoms with Crippen LogP contribution in [-0.4, -0.2) is 23.4 Å². The molecular weight excluding hydrogens is 419 g/mol. The van der Waals surface area contributed by atoms with E-state index >= 15 is 0 Å². The summed E-state index contributed by atoms with van der Waals surface area (Å²) < 4.78 is 43.6. The Balaban J connectivity index is 1.86. The van der Waals surface area contributed by atoms with Crippen molar-refractivity contribution in [2.24, 2.45) is 0 Å². The zero-order valence-electron chi connectivity index (χ0n) is 16.3. The maximum Gasteiger partial charge on any atom is 0.202 e. The lowest BCUT2D eigenvalue weighted by Crippen LogP contribution is -2.18. The Kier molecular flexibility index (Phi) is 6.44. The molecule has 0 aliphatic carbocycles. The second-order valence-electron chi connectivity index (χ2n) is 6.81. The molecule has 2 unspecified atom stereocenters. The SMILES string of the molecule is O=[SH](=O)NCc1cccc(C(c2ccc(F)cc2)C(c2cccnc2)c2ncco2)n1. The van der Waals surface area contributed by atoms with E-state index in [0.717, 1.165) is 11.1 Å². The van der Waals surface area contributed by atoms with E-state index in [1.807, 2.05) is 24.3 Å². The minimum atomic E-state index is -2.74. The van der Waals surface area contributed by atoms with Gasteiger partial charge in [-0.25, -0.2) is 22.5 Å². The van der Waals surface area contributed by atoms with E-state index in [-0.39, 0.29) is 24.2 Å². The molecule has 1 aromatic carbocycles. The standard InChI is InChI=1S/C22H19FN4O3S/c23-17-8-6-15(7-9-17)20(19-5-1-4-18(27-19)14-26-31(28)29)21(22-25-11-12-30-22)16-3-2-10-24-13-16/h1-13,20-21,31H,14H2,(H,26,28,29). The number of nitrogens with one attached hydrogen (secondary N) is 1. The maximum absolute atomic E-state index is 13.7. The zero-order chi connectivity index (χ0) is 21.6. The first kappa shape index (κ1) is 20.8. The number of hydrogen-bond donors (Lipinski definition) is 2. The first-order chi connectivity index (χ1) is 15.1. The van der Waals surface area contributed by atoms with Crippen molar-refractivity contribution in [2.45, 2.75) is 18.4 Å². The summed E-state index contributed by atoms with van der Waals surface area (Å²) in [6, 6.07) is 15.3. The highest BCUT2D eigenvalue weighted by atomic mass is 32.2. The monoisotopic (exact) mass is 438 g/mol. The highest BCUT2D eigenvalue weighted by Gasteiger charge is 2.32. The number of aromatic nitrogens is 3. The summed E-state index contributed by atoms with van der Waals surface area (Å²) in [4.78, 5) is 13.3. The van der Waals surface area contributed by atoms with E-state index in [9.17, 15) is 12.8 Å². The van der Waals surface area contributed by atoms with Gasteiger partial charge in [0.15, 0.2) is 0 Å². The van der Waals surface area contributed by atoms with Crippen LogP contribution in [0.15, 0.2) is 83.9 Å². The molecule has 0 radical (unpaired) electrons. The van der Waals surface area contributed by atoms with Crippen molar-refractivity contribution in [1.82, 2.24) is 19.7 Å². The maximum atomic E-state index is 13.7. The average Bonchev–Trinajstić information content (AvgIpc) is 3.32. The lowest BCUT2D eigenvalue weighted by molar-refractivity contribution is 0.448. The highest BCUT2D eigenvalue weighted by molar-refractivity contribution is 7.70. The highest BCUT2D eigenvalue weighted by Crippen LogP contribution is 2.41. The number of rotatable bonds is 8. The van der Waals surface area contributed by atoms with Crippen LogP contribution in [0.3, 0.4) is 0 Å². The van der Waals surface area contributed by atoms with Gasteiger partial charge in [-0.3, -0.25) is 9.97 Å². The number of benzene rings is 1. The number of oxazole rings is 1. The van der Waals surface area contributed by atoms with E-state index in [0.29, 0.717) is 17.3 Å². The molecule has 0 saturated heterocycles. The Morgan fingerprint density at radius 3 is 2.48 bits per heavy atom. The molecule has 31 heavy (non-hydrogen) atoms. The van der Waals surface area contributed by atoms with Crippen LogP contribution in [0.4, 0.5) is 4.39 Å². The third-order valence-electron chi connectivity index (χ3n) is 4.86. The Labute approximate surface area is 180 Å². The van der Waals surface area contributed by atoms with Crippen LogP contribution in [0.2, 0.25) is 0 Å². The number of hydrogen-bond acceptors (Lipinski definition) is 6. The number of pyridine rings is 2. The number of thiol groups is 1. The van der Waals surface area contributed by atoms with E-state index in [4.69, 9.17) is 4.42 Å². The van der Waals surface area contributed by atoms with Crippen molar-refractivity contribution in [3.05, 3.63) is 114 Å². The Morgan fingerprint density at radius 1 is 0.968 bits per heavy atom. The smallest absolute Gasteiger partial charge is 0.202 e. The molecule has 0 bridgehead atoms. The van der Waals surface area contributed by atoms with Crippen LogP contribution in [0, 0.1) is 5.82 Å². The predicted octanol–water partition coefficient (Wildman–Crippen LogP) is 3.18. The van der Waals surface area contributed by atoms with Crippen LogP contribution in [0.25, 0.3) is 0 Å². The summed E-state index contributed by atoms with van der Waals surface area (Å²) in [6.45, 7) is 0.0687. The molecule has 2 atom stereocenters. The molecular formula is C22H19FN4O3S. The van der Waals surface area contributed by atoms with Crippen LogP contribution < -0.4 is 4.72 Å². The van der Waals surface area contributed by atoms with Gasteiger partial charge in [-0.05, 0) is 41.5 Å². The quantitative estimate of drug-likeness (QED) is 0.410. The number of halogens is 1. The molecule has 9 heteroatoms. The molecule has 0 aliphatic heterocycles. The first-order valence-corrected chi connectivity index (χ1v) is 10.7. The molecule has 0 fully saturated rings. The molecule has 158 valence electrons. The number of nitrogens with zero attached hydrogens (tertiary/aromatic N) is 3. The van der Waals surface area contributed by atoms with Crippen molar-refractivity contribution in [3.8, 4) is 0 Å². The fourth-order valence-electron chi connectivity index (χ4n) is 3.55. The molecule has 3 heterocycles. The van der Waals surface area contributed by atoms with Gasteiger partial charge in [0.25, 0.3) is 0 Å². The molecule has 0 spiro atoms. The third kappa shape index (κ3) is 5.01. The van der Waals surface area contributed by atoms with Crippen LogP contribution in [-0.2, 0) is 17.4 Å². The van der Waals surface area contributed by atoms with Gasteiger partial charge < -0.3 is 4.42 Å². The Hall–Kier alpha value is -3.43. The molecule has 1 N–H and O–H groups in total. The van der Waals surface area contributed by atoms with Gasteiger partial charge in [0, 0.05) is 24.0 Å². The first-order valence-electron chi connectivity index (χ1n) is 9.50. The summed E-state index contributed by atoms with van der Waals surface area (Å²) >= 11 is 0. The Morgan fingerprint density at radius 2 is 1.81 bits per heavy atom. The van der Waals surface area contributed by atoms with Gasteiger partial charge >= 0.3 is 0 Å². The summed E-state index contributed by atoms with van der Waals surface area (Å²) in [5.74, 6) is -0.651. The predicted molar refractivity (Wildman–Crippen MR) is 112 cm³/mol. The molecule has 4 rings (SSSR count). The van der Waals surface area contributed by atoms with E-state index in [1.54, 1.807) is 36.8 Å². The van der Waals surface area contributed by atoms with E-state index in [2.05, 4.69) is 19.7 Å². The van der Waals surface area contributed by atoms with Gasteiger partial charge in [0.1, 0.15) is 12.1 Å².